The number of hydrogen-bond acceptors (Lipinski definition) is 4. The third kappa shape index (κ3) is 4.62. The second kappa shape index (κ2) is 9.19. The number of amides is 2. The summed E-state index contributed by atoms with van der Waals surface area (Å²) in [6.45, 7) is 0.220. The normalized spacial score (nSPS) is 15.9. The summed E-state index contributed by atoms with van der Waals surface area (Å²) in [5.74, 6) is -1.68. The largest absolute Gasteiger partial charge is 0.330 e. The molecule has 0 radical (unpaired) electrons. The molecule has 1 fully saturated rings. The highest BCUT2D eigenvalue weighted by Gasteiger charge is 2.44. The van der Waals surface area contributed by atoms with Gasteiger partial charge >= 0.3 is 0 Å². The Morgan fingerprint density at radius 1 is 1.00 bits per heavy atom. The number of nitrogens with one attached hydrogen (secondary N) is 1. The SMILES string of the molecule is O=C(CC1C(=O)N(c2ccc(F)cc2)C(=S)N1Cc1ccccn1)Nc1ccc(F)cc1. The Labute approximate surface area is 188 Å². The van der Waals surface area contributed by atoms with Crippen molar-refractivity contribution in [1.82, 2.24) is 9.88 Å². The van der Waals surface area contributed by atoms with Crippen molar-refractivity contribution in [2.45, 2.75) is 19.0 Å². The van der Waals surface area contributed by atoms with Gasteiger partial charge in [-0.1, -0.05) is 6.07 Å². The van der Waals surface area contributed by atoms with Gasteiger partial charge in [-0.2, -0.15) is 0 Å². The fraction of sp³-hybridized carbons (Fsp3) is 0.130. The molecule has 3 aromatic rings. The van der Waals surface area contributed by atoms with E-state index in [1.807, 2.05) is 6.07 Å². The summed E-state index contributed by atoms with van der Waals surface area (Å²) in [7, 11) is 0. The molecule has 2 aromatic carbocycles. The quantitative estimate of drug-likeness (QED) is 0.575. The van der Waals surface area contributed by atoms with Crippen LogP contribution in [-0.2, 0) is 16.1 Å². The van der Waals surface area contributed by atoms with E-state index in [9.17, 15) is 18.4 Å². The van der Waals surface area contributed by atoms with E-state index in [0.717, 1.165) is 0 Å². The molecule has 2 heterocycles. The van der Waals surface area contributed by atoms with Crippen molar-refractivity contribution < 1.29 is 18.4 Å². The molecular weight excluding hydrogens is 434 g/mol. The van der Waals surface area contributed by atoms with E-state index < -0.39 is 29.5 Å². The van der Waals surface area contributed by atoms with Crippen LogP contribution in [0.5, 0.6) is 0 Å². The third-order valence-corrected chi connectivity index (χ3v) is 5.39. The van der Waals surface area contributed by atoms with Gasteiger partial charge in [-0.25, -0.2) is 8.78 Å². The van der Waals surface area contributed by atoms with Crippen LogP contribution in [-0.4, -0.2) is 32.9 Å². The molecule has 9 heteroatoms. The van der Waals surface area contributed by atoms with Crippen LogP contribution >= 0.6 is 12.2 Å². The zero-order valence-electron chi connectivity index (χ0n) is 16.7. The molecule has 1 atom stereocenters. The summed E-state index contributed by atoms with van der Waals surface area (Å²) in [6.07, 6.45) is 1.45. The van der Waals surface area contributed by atoms with Crippen molar-refractivity contribution >= 4 is 40.5 Å². The average Bonchev–Trinajstić information content (AvgIpc) is 3.01. The zero-order chi connectivity index (χ0) is 22.7. The number of hydrogen-bond donors (Lipinski definition) is 1. The molecule has 6 nitrogen and oxygen atoms in total. The Morgan fingerprint density at radius 2 is 1.66 bits per heavy atom. The van der Waals surface area contributed by atoms with E-state index in [0.29, 0.717) is 17.1 Å². The Hall–Kier alpha value is -3.72. The van der Waals surface area contributed by atoms with Gasteiger partial charge in [0.1, 0.15) is 17.7 Å². The molecule has 32 heavy (non-hydrogen) atoms. The third-order valence-electron chi connectivity index (χ3n) is 4.97. The second-order valence-electron chi connectivity index (χ2n) is 7.16. The summed E-state index contributed by atoms with van der Waals surface area (Å²) in [4.78, 5) is 33.2. The van der Waals surface area contributed by atoms with Crippen molar-refractivity contribution in [2.24, 2.45) is 0 Å². The standard InChI is InChI=1S/C23H18F2N4O2S/c24-15-4-8-17(9-5-15)27-21(30)13-20-22(31)29(19-10-6-16(25)7-11-19)23(32)28(20)14-18-3-1-2-12-26-18/h1-12,20H,13-14H2,(H,27,30). The molecule has 1 saturated heterocycles. The number of rotatable bonds is 6. The summed E-state index contributed by atoms with van der Waals surface area (Å²) in [5.41, 5.74) is 1.50. The minimum absolute atomic E-state index is 0.180. The first kappa shape index (κ1) is 21.5. The number of carbonyl (C=O) groups excluding carboxylic acids is 2. The smallest absolute Gasteiger partial charge is 0.256 e. The van der Waals surface area contributed by atoms with Crippen molar-refractivity contribution in [2.75, 3.05) is 10.2 Å². The fourth-order valence-corrected chi connectivity index (χ4v) is 3.82. The average molecular weight is 452 g/mol. The number of nitrogens with zero attached hydrogens (tertiary/aromatic N) is 3. The van der Waals surface area contributed by atoms with E-state index in [2.05, 4.69) is 10.3 Å². The first-order valence-corrected chi connectivity index (χ1v) is 10.2. The Kier molecular flexibility index (Phi) is 6.18. The number of benzene rings is 2. The van der Waals surface area contributed by atoms with Crippen LogP contribution in [0.1, 0.15) is 12.1 Å². The van der Waals surface area contributed by atoms with Crippen LogP contribution in [0.3, 0.4) is 0 Å². The van der Waals surface area contributed by atoms with Gasteiger partial charge in [-0.05, 0) is 72.9 Å². The first-order valence-electron chi connectivity index (χ1n) is 9.78. The molecule has 1 aromatic heterocycles. The van der Waals surface area contributed by atoms with E-state index in [-0.39, 0.29) is 18.1 Å². The van der Waals surface area contributed by atoms with E-state index in [1.54, 1.807) is 23.2 Å². The maximum absolute atomic E-state index is 13.4. The summed E-state index contributed by atoms with van der Waals surface area (Å²) in [6, 6.07) is 15.2. The van der Waals surface area contributed by atoms with Gasteiger partial charge in [-0.3, -0.25) is 19.5 Å². The Morgan fingerprint density at radius 3 is 2.28 bits per heavy atom. The lowest BCUT2D eigenvalue weighted by molar-refractivity contribution is -0.124. The highest BCUT2D eigenvalue weighted by molar-refractivity contribution is 7.80. The molecule has 1 unspecified atom stereocenters. The molecule has 162 valence electrons. The molecule has 1 N–H and O–H groups in total. The molecule has 2 amide bonds. The lowest BCUT2D eigenvalue weighted by atomic mass is 10.1. The molecular formula is C23H18F2N4O2S. The lowest BCUT2D eigenvalue weighted by Gasteiger charge is -2.23. The van der Waals surface area contributed by atoms with E-state index >= 15 is 0 Å². The van der Waals surface area contributed by atoms with E-state index in [4.69, 9.17) is 12.2 Å². The van der Waals surface area contributed by atoms with Crippen LogP contribution < -0.4 is 10.2 Å². The van der Waals surface area contributed by atoms with Crippen LogP contribution in [0, 0.1) is 11.6 Å². The van der Waals surface area contributed by atoms with Gasteiger partial charge in [0.05, 0.1) is 24.3 Å². The van der Waals surface area contributed by atoms with E-state index in [1.165, 1.54) is 53.4 Å². The highest BCUT2D eigenvalue weighted by Crippen LogP contribution is 2.29. The van der Waals surface area contributed by atoms with Crippen molar-refractivity contribution in [3.05, 3.63) is 90.3 Å². The maximum Gasteiger partial charge on any atom is 0.256 e. The molecule has 4 rings (SSSR count). The number of pyridine rings is 1. The minimum atomic E-state index is -0.880. The summed E-state index contributed by atoms with van der Waals surface area (Å²) in [5, 5.41) is 2.87. The van der Waals surface area contributed by atoms with Gasteiger partial charge in [0, 0.05) is 11.9 Å². The predicted molar refractivity (Wildman–Crippen MR) is 120 cm³/mol. The van der Waals surface area contributed by atoms with Gasteiger partial charge in [0.25, 0.3) is 5.91 Å². The molecule has 0 aliphatic carbocycles. The zero-order valence-corrected chi connectivity index (χ0v) is 17.6. The van der Waals surface area contributed by atoms with Gasteiger partial charge < -0.3 is 10.2 Å². The van der Waals surface area contributed by atoms with Crippen molar-refractivity contribution in [1.29, 1.82) is 0 Å². The van der Waals surface area contributed by atoms with Gasteiger partial charge in [0.15, 0.2) is 5.11 Å². The van der Waals surface area contributed by atoms with Crippen molar-refractivity contribution in [3.63, 3.8) is 0 Å². The molecule has 0 spiro atoms. The molecule has 1 aliphatic rings. The highest BCUT2D eigenvalue weighted by atomic mass is 32.1. The first-order chi connectivity index (χ1) is 15.4. The van der Waals surface area contributed by atoms with Crippen LogP contribution in [0.4, 0.5) is 20.2 Å². The number of halogens is 2. The second-order valence-corrected chi connectivity index (χ2v) is 7.52. The Balaban J connectivity index is 1.59. The predicted octanol–water partition coefficient (Wildman–Crippen LogP) is 3.89. The van der Waals surface area contributed by atoms with Crippen LogP contribution in [0.15, 0.2) is 72.9 Å². The number of thiocarbonyl (C=S) groups is 1. The fourth-order valence-electron chi connectivity index (χ4n) is 3.43. The number of anilines is 2. The molecule has 0 bridgehead atoms. The van der Waals surface area contributed by atoms with Gasteiger partial charge in [-0.15, -0.1) is 0 Å². The van der Waals surface area contributed by atoms with Gasteiger partial charge in [0.2, 0.25) is 5.91 Å². The number of carbonyl (C=O) groups is 2. The van der Waals surface area contributed by atoms with Crippen LogP contribution in [0.25, 0.3) is 0 Å². The van der Waals surface area contributed by atoms with Crippen LogP contribution in [0.2, 0.25) is 0 Å². The lowest BCUT2D eigenvalue weighted by Crippen LogP contribution is -2.37. The monoisotopic (exact) mass is 452 g/mol. The topological polar surface area (TPSA) is 65.5 Å². The number of aromatic nitrogens is 1. The summed E-state index contributed by atoms with van der Waals surface area (Å²) >= 11 is 5.56. The Bertz CT molecular complexity index is 1140. The maximum atomic E-state index is 13.4. The molecule has 0 saturated carbocycles. The van der Waals surface area contributed by atoms with Crippen molar-refractivity contribution in [3.8, 4) is 0 Å². The summed E-state index contributed by atoms with van der Waals surface area (Å²) < 4.78 is 26.5. The molecule has 1 aliphatic heterocycles. The minimum Gasteiger partial charge on any atom is -0.330 e.